The number of thioether (sulfide) groups is 1. The third kappa shape index (κ3) is 4.25. The van der Waals surface area contributed by atoms with E-state index in [0.717, 1.165) is 17.0 Å². The van der Waals surface area contributed by atoms with E-state index in [1.165, 1.54) is 11.8 Å². The third-order valence-corrected chi connectivity index (χ3v) is 8.00. The number of aromatic nitrogens is 3. The van der Waals surface area contributed by atoms with Crippen LogP contribution in [0.25, 0.3) is 11.4 Å². The van der Waals surface area contributed by atoms with Crippen molar-refractivity contribution in [3.63, 3.8) is 0 Å². The van der Waals surface area contributed by atoms with Gasteiger partial charge in [0, 0.05) is 25.2 Å². The van der Waals surface area contributed by atoms with Crippen LogP contribution in [-0.4, -0.2) is 63.3 Å². The van der Waals surface area contributed by atoms with Crippen molar-refractivity contribution in [3.05, 3.63) is 29.8 Å². The summed E-state index contributed by atoms with van der Waals surface area (Å²) in [6, 6.07) is 7.74. The zero-order valence-electron chi connectivity index (χ0n) is 16.6. The average molecular weight is 423 g/mol. The van der Waals surface area contributed by atoms with Crippen molar-refractivity contribution >= 4 is 27.5 Å². The van der Waals surface area contributed by atoms with Gasteiger partial charge in [-0.3, -0.25) is 4.79 Å². The molecule has 2 heterocycles. The lowest BCUT2D eigenvalue weighted by molar-refractivity contribution is -0.131. The van der Waals surface area contributed by atoms with Gasteiger partial charge in [0.25, 0.3) is 0 Å². The van der Waals surface area contributed by atoms with Crippen LogP contribution >= 0.6 is 11.8 Å². The largest absolute Gasteiger partial charge is 0.338 e. The Balaban J connectivity index is 1.75. The molecule has 1 saturated heterocycles. The van der Waals surface area contributed by atoms with Crippen molar-refractivity contribution in [1.82, 2.24) is 19.7 Å². The van der Waals surface area contributed by atoms with Crippen LogP contribution in [0, 0.1) is 6.92 Å². The van der Waals surface area contributed by atoms with Gasteiger partial charge in [-0.05, 0) is 32.8 Å². The van der Waals surface area contributed by atoms with Crippen LogP contribution in [0.5, 0.6) is 0 Å². The first-order chi connectivity index (χ1) is 13.2. The molecule has 1 aliphatic heterocycles. The molecular formula is C19H26N4O3S2. The monoisotopic (exact) mass is 422 g/mol. The predicted octanol–water partition coefficient (Wildman–Crippen LogP) is 2.31. The molecule has 9 heteroatoms. The zero-order valence-corrected chi connectivity index (χ0v) is 18.3. The maximum atomic E-state index is 13.0. The maximum absolute atomic E-state index is 13.0. The summed E-state index contributed by atoms with van der Waals surface area (Å²) in [4.78, 5) is 14.7. The zero-order chi connectivity index (χ0) is 20.5. The number of aryl methyl sites for hydroxylation is 1. The standard InChI is InChI=1S/C19H26N4O3S2/c1-5-23(15-10-11-28(25,26)12-15)18(24)14(3)27-19-21-20-17(22(19)4)16-9-7-6-8-13(16)2/h6-9,14-15H,5,10-12H2,1-4H3/t14-,15-/m0/s1. The molecular weight excluding hydrogens is 396 g/mol. The lowest BCUT2D eigenvalue weighted by Gasteiger charge is -2.29. The summed E-state index contributed by atoms with van der Waals surface area (Å²) in [7, 11) is -1.14. The Hall–Kier alpha value is -1.87. The van der Waals surface area contributed by atoms with Gasteiger partial charge >= 0.3 is 0 Å². The Bertz CT molecular complexity index is 971. The summed E-state index contributed by atoms with van der Waals surface area (Å²) in [6.45, 7) is 6.25. The molecule has 1 aromatic heterocycles. The summed E-state index contributed by atoms with van der Waals surface area (Å²) in [5.74, 6) is 0.918. The summed E-state index contributed by atoms with van der Waals surface area (Å²) in [6.07, 6.45) is 0.515. The van der Waals surface area contributed by atoms with E-state index in [1.807, 2.05) is 56.7 Å². The summed E-state index contributed by atoms with van der Waals surface area (Å²) in [5.41, 5.74) is 2.12. The van der Waals surface area contributed by atoms with Gasteiger partial charge in [0.2, 0.25) is 5.91 Å². The van der Waals surface area contributed by atoms with Crippen LogP contribution in [0.15, 0.2) is 29.4 Å². The molecule has 0 aliphatic carbocycles. The van der Waals surface area contributed by atoms with Gasteiger partial charge in [-0.15, -0.1) is 10.2 Å². The third-order valence-electron chi connectivity index (χ3n) is 5.12. The van der Waals surface area contributed by atoms with Crippen LogP contribution < -0.4 is 0 Å². The van der Waals surface area contributed by atoms with Crippen molar-refractivity contribution in [2.24, 2.45) is 7.05 Å². The Morgan fingerprint density at radius 2 is 2.07 bits per heavy atom. The first-order valence-electron chi connectivity index (χ1n) is 9.36. The molecule has 1 aliphatic rings. The van der Waals surface area contributed by atoms with Gasteiger partial charge in [0.05, 0.1) is 16.8 Å². The van der Waals surface area contributed by atoms with E-state index < -0.39 is 9.84 Å². The number of nitrogens with zero attached hydrogens (tertiary/aromatic N) is 4. The number of carbonyl (C=O) groups excluding carboxylic acids is 1. The van der Waals surface area contributed by atoms with E-state index >= 15 is 0 Å². The number of benzene rings is 1. The van der Waals surface area contributed by atoms with Crippen LogP contribution in [0.1, 0.15) is 25.8 Å². The Morgan fingerprint density at radius 1 is 1.36 bits per heavy atom. The summed E-state index contributed by atoms with van der Waals surface area (Å²) >= 11 is 1.35. The van der Waals surface area contributed by atoms with E-state index in [4.69, 9.17) is 0 Å². The van der Waals surface area contributed by atoms with Crippen LogP contribution in [0.3, 0.4) is 0 Å². The second-order valence-electron chi connectivity index (χ2n) is 7.12. The minimum atomic E-state index is -3.03. The Kier molecular flexibility index (Phi) is 6.14. The second kappa shape index (κ2) is 8.24. The Morgan fingerprint density at radius 3 is 2.68 bits per heavy atom. The molecule has 3 rings (SSSR count). The number of carbonyl (C=O) groups is 1. The molecule has 0 bridgehead atoms. The molecule has 0 spiro atoms. The molecule has 0 saturated carbocycles. The van der Waals surface area contributed by atoms with Crippen LogP contribution in [0.2, 0.25) is 0 Å². The molecule has 2 atom stereocenters. The molecule has 152 valence electrons. The van der Waals surface area contributed by atoms with E-state index in [1.54, 1.807) is 4.90 Å². The SMILES string of the molecule is CCN(C(=O)[C@H](C)Sc1nnc(-c2ccccc2C)n1C)[C@H]1CCS(=O)(=O)C1. The highest BCUT2D eigenvalue weighted by atomic mass is 32.2. The van der Waals surface area contributed by atoms with Gasteiger partial charge in [0.15, 0.2) is 20.8 Å². The minimum absolute atomic E-state index is 0.0601. The topological polar surface area (TPSA) is 85.2 Å². The van der Waals surface area contributed by atoms with Gasteiger partial charge in [0.1, 0.15) is 0 Å². The summed E-state index contributed by atoms with van der Waals surface area (Å²) in [5, 5.41) is 8.86. The maximum Gasteiger partial charge on any atom is 0.236 e. The van der Waals surface area contributed by atoms with Crippen molar-refractivity contribution < 1.29 is 13.2 Å². The van der Waals surface area contributed by atoms with Gasteiger partial charge in [-0.25, -0.2) is 8.42 Å². The smallest absolute Gasteiger partial charge is 0.236 e. The fourth-order valence-corrected chi connectivity index (χ4v) is 6.15. The van der Waals surface area contributed by atoms with Gasteiger partial charge in [-0.2, -0.15) is 0 Å². The highest BCUT2D eigenvalue weighted by Gasteiger charge is 2.35. The fraction of sp³-hybridized carbons (Fsp3) is 0.526. The normalized spacial score (nSPS) is 19.5. The molecule has 7 nitrogen and oxygen atoms in total. The van der Waals surface area contributed by atoms with Crippen molar-refractivity contribution in [2.75, 3.05) is 18.1 Å². The number of sulfone groups is 1. The molecule has 1 aromatic carbocycles. The predicted molar refractivity (Wildman–Crippen MR) is 111 cm³/mol. The average Bonchev–Trinajstić information content (AvgIpc) is 3.18. The van der Waals surface area contributed by atoms with E-state index in [-0.39, 0.29) is 28.7 Å². The first kappa shape index (κ1) is 20.9. The lowest BCUT2D eigenvalue weighted by Crippen LogP contribution is -2.44. The van der Waals surface area contributed by atoms with Crippen molar-refractivity contribution in [2.45, 2.75) is 43.6 Å². The van der Waals surface area contributed by atoms with Gasteiger partial charge in [-0.1, -0.05) is 36.0 Å². The second-order valence-corrected chi connectivity index (χ2v) is 10.7. The van der Waals surface area contributed by atoms with E-state index in [9.17, 15) is 13.2 Å². The minimum Gasteiger partial charge on any atom is -0.338 e. The van der Waals surface area contributed by atoms with E-state index in [0.29, 0.717) is 18.1 Å². The van der Waals surface area contributed by atoms with Crippen molar-refractivity contribution in [1.29, 1.82) is 0 Å². The number of rotatable bonds is 6. The lowest BCUT2D eigenvalue weighted by atomic mass is 10.1. The molecule has 1 fully saturated rings. The van der Waals surface area contributed by atoms with E-state index in [2.05, 4.69) is 10.2 Å². The fourth-order valence-electron chi connectivity index (χ4n) is 3.53. The molecule has 0 radical (unpaired) electrons. The highest BCUT2D eigenvalue weighted by molar-refractivity contribution is 8.00. The Labute approximate surface area is 170 Å². The quantitative estimate of drug-likeness (QED) is 0.664. The molecule has 28 heavy (non-hydrogen) atoms. The van der Waals surface area contributed by atoms with Crippen molar-refractivity contribution in [3.8, 4) is 11.4 Å². The van der Waals surface area contributed by atoms with Gasteiger partial charge < -0.3 is 9.47 Å². The van der Waals surface area contributed by atoms with Crippen LogP contribution in [-0.2, 0) is 21.7 Å². The first-order valence-corrected chi connectivity index (χ1v) is 12.1. The highest BCUT2D eigenvalue weighted by Crippen LogP contribution is 2.29. The summed E-state index contributed by atoms with van der Waals surface area (Å²) < 4.78 is 25.5. The number of amides is 1. The molecule has 2 aromatic rings. The molecule has 0 N–H and O–H groups in total. The number of hydrogen-bond acceptors (Lipinski definition) is 6. The van der Waals surface area contributed by atoms with Crippen LogP contribution in [0.4, 0.5) is 0 Å². The molecule has 1 amide bonds. The number of hydrogen-bond donors (Lipinski definition) is 0. The molecule has 0 unspecified atom stereocenters.